The number of carboxylic acid groups (broad SMARTS) is 1. The van der Waals surface area contributed by atoms with Gasteiger partial charge >= 0.3 is 5.97 Å². The molecule has 0 radical (unpaired) electrons. The standard InChI is InChI=1S/C12H22N2O2/c1-9(8-12(15)16)14-7-3-5-11(14)10-4-2-6-13-10/h9-11,13H,2-8H2,1H3,(H,15,16). The van der Waals surface area contributed by atoms with Gasteiger partial charge in [0.1, 0.15) is 0 Å². The van der Waals surface area contributed by atoms with Crippen LogP contribution < -0.4 is 5.32 Å². The lowest BCUT2D eigenvalue weighted by molar-refractivity contribution is -0.138. The smallest absolute Gasteiger partial charge is 0.304 e. The minimum Gasteiger partial charge on any atom is -0.481 e. The van der Waals surface area contributed by atoms with Gasteiger partial charge in [-0.3, -0.25) is 9.69 Å². The van der Waals surface area contributed by atoms with Crippen LogP contribution in [-0.2, 0) is 4.79 Å². The molecule has 0 saturated carbocycles. The molecule has 3 unspecified atom stereocenters. The van der Waals surface area contributed by atoms with Crippen molar-refractivity contribution >= 4 is 5.97 Å². The summed E-state index contributed by atoms with van der Waals surface area (Å²) in [6.45, 7) is 4.24. The SMILES string of the molecule is CC(CC(=O)O)N1CCCC1C1CCCN1. The van der Waals surface area contributed by atoms with Crippen molar-refractivity contribution in [3.05, 3.63) is 0 Å². The number of hydrogen-bond donors (Lipinski definition) is 2. The zero-order valence-electron chi connectivity index (χ0n) is 9.98. The van der Waals surface area contributed by atoms with Gasteiger partial charge in [0, 0.05) is 18.1 Å². The van der Waals surface area contributed by atoms with Gasteiger partial charge in [-0.05, 0) is 45.7 Å². The summed E-state index contributed by atoms with van der Waals surface area (Å²) in [6, 6.07) is 1.34. The fourth-order valence-electron chi connectivity index (χ4n) is 3.20. The molecule has 0 spiro atoms. The average Bonchev–Trinajstić information content (AvgIpc) is 2.87. The van der Waals surface area contributed by atoms with E-state index in [4.69, 9.17) is 5.11 Å². The summed E-state index contributed by atoms with van der Waals surface area (Å²) in [4.78, 5) is 13.2. The van der Waals surface area contributed by atoms with Crippen LogP contribution in [0.2, 0.25) is 0 Å². The summed E-state index contributed by atoms with van der Waals surface area (Å²) < 4.78 is 0. The number of nitrogens with one attached hydrogen (secondary N) is 1. The molecular formula is C12H22N2O2. The van der Waals surface area contributed by atoms with Gasteiger partial charge in [0.25, 0.3) is 0 Å². The molecule has 2 saturated heterocycles. The third kappa shape index (κ3) is 2.55. The van der Waals surface area contributed by atoms with Crippen LogP contribution in [0.5, 0.6) is 0 Å². The molecule has 0 aromatic carbocycles. The maximum atomic E-state index is 10.8. The zero-order valence-corrected chi connectivity index (χ0v) is 9.98. The Balaban J connectivity index is 1.93. The molecule has 2 aliphatic rings. The van der Waals surface area contributed by atoms with Gasteiger partial charge in [0.15, 0.2) is 0 Å². The van der Waals surface area contributed by atoms with Crippen molar-refractivity contribution in [1.82, 2.24) is 10.2 Å². The number of likely N-dealkylation sites (tertiary alicyclic amines) is 1. The first-order valence-corrected chi connectivity index (χ1v) is 6.39. The first kappa shape index (κ1) is 11.9. The fourth-order valence-corrected chi connectivity index (χ4v) is 3.20. The van der Waals surface area contributed by atoms with Crippen LogP contribution in [0.15, 0.2) is 0 Å². The zero-order chi connectivity index (χ0) is 11.5. The Morgan fingerprint density at radius 3 is 2.94 bits per heavy atom. The molecule has 4 heteroatoms. The van der Waals surface area contributed by atoms with Crippen molar-refractivity contribution in [2.45, 2.75) is 57.2 Å². The maximum absolute atomic E-state index is 10.8. The van der Waals surface area contributed by atoms with Crippen LogP contribution in [-0.4, -0.2) is 47.2 Å². The summed E-state index contributed by atoms with van der Waals surface area (Å²) in [7, 11) is 0. The minimum absolute atomic E-state index is 0.174. The van der Waals surface area contributed by atoms with Crippen molar-refractivity contribution < 1.29 is 9.90 Å². The molecule has 0 bridgehead atoms. The molecule has 2 fully saturated rings. The van der Waals surface area contributed by atoms with Gasteiger partial charge in [-0.15, -0.1) is 0 Å². The highest BCUT2D eigenvalue weighted by molar-refractivity contribution is 5.67. The normalized spacial score (nSPS) is 33.1. The predicted octanol–water partition coefficient (Wildman–Crippen LogP) is 1.07. The second kappa shape index (κ2) is 5.15. The van der Waals surface area contributed by atoms with Crippen molar-refractivity contribution in [3.8, 4) is 0 Å². The molecule has 0 aromatic heterocycles. The number of aliphatic carboxylic acids is 1. The predicted molar refractivity (Wildman–Crippen MR) is 62.5 cm³/mol. The number of carbonyl (C=O) groups is 1. The van der Waals surface area contributed by atoms with Crippen LogP contribution in [0.3, 0.4) is 0 Å². The summed E-state index contributed by atoms with van der Waals surface area (Å²) in [6.07, 6.45) is 5.22. The van der Waals surface area contributed by atoms with Crippen molar-refractivity contribution in [2.75, 3.05) is 13.1 Å². The maximum Gasteiger partial charge on any atom is 0.304 e. The fraction of sp³-hybridized carbons (Fsp3) is 0.917. The molecule has 2 rings (SSSR count). The van der Waals surface area contributed by atoms with Crippen LogP contribution in [0, 0.1) is 0 Å². The van der Waals surface area contributed by atoms with Gasteiger partial charge in [0.05, 0.1) is 6.42 Å². The van der Waals surface area contributed by atoms with E-state index in [0.717, 1.165) is 13.1 Å². The van der Waals surface area contributed by atoms with Crippen LogP contribution in [0.4, 0.5) is 0 Å². The number of nitrogens with zero attached hydrogens (tertiary/aromatic N) is 1. The molecule has 2 N–H and O–H groups in total. The summed E-state index contributed by atoms with van der Waals surface area (Å²) in [5.74, 6) is -0.683. The van der Waals surface area contributed by atoms with Crippen LogP contribution >= 0.6 is 0 Å². The summed E-state index contributed by atoms with van der Waals surface area (Å²) >= 11 is 0. The average molecular weight is 226 g/mol. The Morgan fingerprint density at radius 1 is 1.50 bits per heavy atom. The first-order valence-electron chi connectivity index (χ1n) is 6.39. The van der Waals surface area contributed by atoms with E-state index >= 15 is 0 Å². The van der Waals surface area contributed by atoms with E-state index in [1.807, 2.05) is 6.92 Å². The number of rotatable bonds is 4. The van der Waals surface area contributed by atoms with Gasteiger partial charge in [-0.2, -0.15) is 0 Å². The van der Waals surface area contributed by atoms with E-state index in [0.29, 0.717) is 12.1 Å². The highest BCUT2D eigenvalue weighted by atomic mass is 16.4. The quantitative estimate of drug-likeness (QED) is 0.753. The second-order valence-corrected chi connectivity index (χ2v) is 5.10. The third-order valence-corrected chi connectivity index (χ3v) is 3.94. The van der Waals surface area contributed by atoms with Crippen molar-refractivity contribution in [3.63, 3.8) is 0 Å². The largest absolute Gasteiger partial charge is 0.481 e. The Kier molecular flexibility index (Phi) is 3.82. The van der Waals surface area contributed by atoms with Gasteiger partial charge in [-0.25, -0.2) is 0 Å². The van der Waals surface area contributed by atoms with E-state index < -0.39 is 5.97 Å². The topological polar surface area (TPSA) is 52.6 Å². The Bertz CT molecular complexity index is 251. The van der Waals surface area contributed by atoms with Crippen molar-refractivity contribution in [1.29, 1.82) is 0 Å². The molecule has 4 nitrogen and oxygen atoms in total. The first-order chi connectivity index (χ1) is 7.68. The highest BCUT2D eigenvalue weighted by Crippen LogP contribution is 2.27. The molecule has 0 amide bonds. The molecule has 2 aliphatic heterocycles. The summed E-state index contributed by atoms with van der Waals surface area (Å²) in [5.41, 5.74) is 0. The lowest BCUT2D eigenvalue weighted by Gasteiger charge is -2.33. The summed E-state index contributed by atoms with van der Waals surface area (Å²) in [5, 5.41) is 12.4. The molecule has 16 heavy (non-hydrogen) atoms. The van der Waals surface area contributed by atoms with Gasteiger partial charge in [0.2, 0.25) is 0 Å². The van der Waals surface area contributed by atoms with E-state index in [1.165, 1.54) is 25.7 Å². The molecule has 92 valence electrons. The minimum atomic E-state index is -0.683. The van der Waals surface area contributed by atoms with E-state index in [1.54, 1.807) is 0 Å². The van der Waals surface area contributed by atoms with Gasteiger partial charge in [-0.1, -0.05) is 0 Å². The Labute approximate surface area is 97.0 Å². The van der Waals surface area contributed by atoms with Gasteiger partial charge < -0.3 is 10.4 Å². The van der Waals surface area contributed by atoms with Crippen LogP contribution in [0.1, 0.15) is 39.0 Å². The lowest BCUT2D eigenvalue weighted by atomic mass is 10.0. The van der Waals surface area contributed by atoms with Crippen molar-refractivity contribution in [2.24, 2.45) is 0 Å². The Morgan fingerprint density at radius 2 is 2.31 bits per heavy atom. The molecular weight excluding hydrogens is 204 g/mol. The molecule has 3 atom stereocenters. The molecule has 0 aromatic rings. The highest BCUT2D eigenvalue weighted by Gasteiger charge is 2.35. The Hall–Kier alpha value is -0.610. The monoisotopic (exact) mass is 226 g/mol. The van der Waals surface area contributed by atoms with E-state index in [2.05, 4.69) is 10.2 Å². The van der Waals surface area contributed by atoms with E-state index in [-0.39, 0.29) is 12.5 Å². The second-order valence-electron chi connectivity index (χ2n) is 5.10. The molecule has 2 heterocycles. The number of hydrogen-bond acceptors (Lipinski definition) is 3. The van der Waals surface area contributed by atoms with E-state index in [9.17, 15) is 4.79 Å². The third-order valence-electron chi connectivity index (χ3n) is 3.94. The number of carboxylic acids is 1. The van der Waals surface area contributed by atoms with Crippen LogP contribution in [0.25, 0.3) is 0 Å². The lowest BCUT2D eigenvalue weighted by Crippen LogP contribution is -2.48. The molecule has 0 aliphatic carbocycles.